The van der Waals surface area contributed by atoms with Crippen LogP contribution in [0.2, 0.25) is 0 Å². The molecule has 0 saturated carbocycles. The molecule has 108 valence electrons. The molecule has 1 heterocycles. The first-order chi connectivity index (χ1) is 10.0. The number of hydrogen-bond donors (Lipinski definition) is 1. The summed E-state index contributed by atoms with van der Waals surface area (Å²) >= 11 is 0. The van der Waals surface area contributed by atoms with Gasteiger partial charge in [-0.1, -0.05) is 24.1 Å². The van der Waals surface area contributed by atoms with E-state index in [1.54, 1.807) is 31.2 Å². The van der Waals surface area contributed by atoms with Crippen molar-refractivity contribution in [2.24, 2.45) is 10.8 Å². The lowest BCUT2D eigenvalue weighted by Gasteiger charge is -2.20. The second-order valence-electron chi connectivity index (χ2n) is 4.56. The lowest BCUT2D eigenvalue weighted by molar-refractivity contribution is -0.137. The quantitative estimate of drug-likeness (QED) is 0.651. The van der Waals surface area contributed by atoms with Crippen molar-refractivity contribution in [2.75, 3.05) is 5.01 Å². The lowest BCUT2D eigenvalue weighted by Crippen LogP contribution is -2.39. The lowest BCUT2D eigenvalue weighted by atomic mass is 10.1. The molecule has 0 bridgehead atoms. The molecule has 2 unspecified atom stereocenters. The van der Waals surface area contributed by atoms with Gasteiger partial charge in [0.05, 0.1) is 5.69 Å². The number of amides is 1. The molecule has 2 N–H and O–H groups in total. The number of esters is 1. The Bertz CT molecular complexity index is 619. The van der Waals surface area contributed by atoms with Crippen molar-refractivity contribution in [3.63, 3.8) is 0 Å². The Kier molecular flexibility index (Phi) is 4.24. The minimum atomic E-state index is -0.712. The molecule has 6 heteroatoms. The predicted molar refractivity (Wildman–Crippen MR) is 78.3 cm³/mol. The molecule has 0 saturated heterocycles. The molecule has 1 aromatic rings. The van der Waals surface area contributed by atoms with Gasteiger partial charge in [-0.05, 0) is 19.1 Å². The molecule has 0 fully saturated rings. The summed E-state index contributed by atoms with van der Waals surface area (Å²) in [7, 11) is 0. The summed E-state index contributed by atoms with van der Waals surface area (Å²) in [5, 5.41) is 5.58. The highest BCUT2D eigenvalue weighted by molar-refractivity contribution is 6.38. The van der Waals surface area contributed by atoms with E-state index in [4.69, 9.17) is 16.9 Å². The van der Waals surface area contributed by atoms with Gasteiger partial charge in [0.15, 0.2) is 6.10 Å². The zero-order chi connectivity index (χ0) is 15.4. The van der Waals surface area contributed by atoms with E-state index in [-0.39, 0.29) is 12.1 Å². The Hall–Kier alpha value is -2.81. The van der Waals surface area contributed by atoms with E-state index in [0.29, 0.717) is 5.69 Å². The van der Waals surface area contributed by atoms with E-state index >= 15 is 0 Å². The van der Waals surface area contributed by atoms with Gasteiger partial charge < -0.3 is 10.5 Å². The van der Waals surface area contributed by atoms with Crippen molar-refractivity contribution in [1.82, 2.24) is 0 Å². The molecule has 1 aliphatic heterocycles. The normalized spacial score (nSPS) is 18.6. The molecule has 2 atom stereocenters. The maximum atomic E-state index is 11.9. The summed E-state index contributed by atoms with van der Waals surface area (Å²) < 4.78 is 5.01. The average Bonchev–Trinajstić information content (AvgIpc) is 2.93. The molecule has 2 rings (SSSR count). The maximum Gasteiger partial charge on any atom is 0.355 e. The van der Waals surface area contributed by atoms with Crippen molar-refractivity contribution in [2.45, 2.75) is 25.5 Å². The average molecular weight is 285 g/mol. The van der Waals surface area contributed by atoms with Crippen molar-refractivity contribution in [3.05, 3.63) is 30.3 Å². The van der Waals surface area contributed by atoms with Crippen LogP contribution in [-0.2, 0) is 14.3 Å². The standard InChI is InChI=1S/C15H15N3O3/c1-3-10(2)21-15(20)12-9-13(14(16)19)18(17-12)11-7-5-4-6-8-11/h1,4-8,10,13H,9H2,2H3,(H2,16,19). The smallest absolute Gasteiger partial charge is 0.355 e. The molecule has 0 aliphatic carbocycles. The number of para-hydroxylation sites is 1. The first-order valence-corrected chi connectivity index (χ1v) is 6.41. The van der Waals surface area contributed by atoms with Crippen molar-refractivity contribution in [1.29, 1.82) is 0 Å². The highest BCUT2D eigenvalue weighted by Gasteiger charge is 2.35. The molecule has 0 aromatic heterocycles. The molecule has 0 spiro atoms. The minimum absolute atomic E-state index is 0.0976. The highest BCUT2D eigenvalue weighted by atomic mass is 16.5. The Morgan fingerprint density at radius 1 is 1.48 bits per heavy atom. The second kappa shape index (κ2) is 6.09. The van der Waals surface area contributed by atoms with Gasteiger partial charge in [-0.3, -0.25) is 9.80 Å². The maximum absolute atomic E-state index is 11.9. The highest BCUT2D eigenvalue weighted by Crippen LogP contribution is 2.24. The largest absolute Gasteiger partial charge is 0.445 e. The van der Waals surface area contributed by atoms with E-state index in [1.807, 2.05) is 6.07 Å². The Morgan fingerprint density at radius 2 is 2.14 bits per heavy atom. The van der Waals surface area contributed by atoms with Crippen molar-refractivity contribution in [3.8, 4) is 12.3 Å². The number of nitrogens with zero attached hydrogens (tertiary/aromatic N) is 2. The number of rotatable bonds is 4. The van der Waals surface area contributed by atoms with Crippen LogP contribution in [0.1, 0.15) is 13.3 Å². The van der Waals surface area contributed by atoms with Gasteiger partial charge in [0.25, 0.3) is 0 Å². The zero-order valence-corrected chi connectivity index (χ0v) is 11.5. The fourth-order valence-corrected chi connectivity index (χ4v) is 1.94. The minimum Gasteiger partial charge on any atom is -0.445 e. The van der Waals surface area contributed by atoms with Crippen LogP contribution in [0.5, 0.6) is 0 Å². The molecule has 21 heavy (non-hydrogen) atoms. The van der Waals surface area contributed by atoms with Gasteiger partial charge >= 0.3 is 5.97 Å². The summed E-state index contributed by atoms with van der Waals surface area (Å²) in [6.45, 7) is 1.58. The number of carbonyl (C=O) groups excluding carboxylic acids is 2. The third-order valence-electron chi connectivity index (χ3n) is 3.01. The number of carbonyl (C=O) groups is 2. The van der Waals surface area contributed by atoms with Crippen LogP contribution in [0.15, 0.2) is 35.4 Å². The first kappa shape index (κ1) is 14.6. The van der Waals surface area contributed by atoms with Crippen LogP contribution in [-0.4, -0.2) is 29.7 Å². The number of anilines is 1. The SMILES string of the molecule is C#CC(C)OC(=O)C1=NN(c2ccccc2)C(C(N)=O)C1. The van der Waals surface area contributed by atoms with E-state index < -0.39 is 24.0 Å². The van der Waals surface area contributed by atoms with Crippen LogP contribution < -0.4 is 10.7 Å². The number of primary amides is 1. The molecular weight excluding hydrogens is 270 g/mol. The van der Waals surface area contributed by atoms with Gasteiger partial charge in [0.1, 0.15) is 11.8 Å². The van der Waals surface area contributed by atoms with E-state index in [2.05, 4.69) is 11.0 Å². The number of nitrogens with two attached hydrogens (primary N) is 1. The molecule has 1 aliphatic rings. The Balaban J connectivity index is 2.24. The first-order valence-electron chi connectivity index (χ1n) is 6.41. The van der Waals surface area contributed by atoms with Gasteiger partial charge in [-0.25, -0.2) is 4.79 Å². The van der Waals surface area contributed by atoms with Crippen LogP contribution in [0.4, 0.5) is 5.69 Å². The molecule has 0 radical (unpaired) electrons. The summed E-state index contributed by atoms with van der Waals surface area (Å²) in [5.74, 6) is 1.10. The van der Waals surface area contributed by atoms with Crippen molar-refractivity contribution >= 4 is 23.3 Å². The molecule has 6 nitrogen and oxygen atoms in total. The fraction of sp³-hybridized carbons (Fsp3) is 0.267. The number of ether oxygens (including phenoxy) is 1. The van der Waals surface area contributed by atoms with E-state index in [9.17, 15) is 9.59 Å². The number of hydrazone groups is 1. The van der Waals surface area contributed by atoms with Crippen LogP contribution in [0, 0.1) is 12.3 Å². The van der Waals surface area contributed by atoms with Gasteiger partial charge in [0, 0.05) is 6.42 Å². The topological polar surface area (TPSA) is 85.0 Å². The monoisotopic (exact) mass is 285 g/mol. The third-order valence-corrected chi connectivity index (χ3v) is 3.01. The van der Waals surface area contributed by atoms with Gasteiger partial charge in [0.2, 0.25) is 5.91 Å². The Morgan fingerprint density at radius 3 is 2.71 bits per heavy atom. The van der Waals surface area contributed by atoms with E-state index in [1.165, 1.54) is 5.01 Å². The van der Waals surface area contributed by atoms with Crippen LogP contribution in [0.25, 0.3) is 0 Å². The molecule has 1 amide bonds. The summed E-state index contributed by atoms with van der Waals surface area (Å²) in [6, 6.07) is 8.29. The van der Waals surface area contributed by atoms with Crippen LogP contribution >= 0.6 is 0 Å². The summed E-state index contributed by atoms with van der Waals surface area (Å²) in [4.78, 5) is 23.5. The predicted octanol–water partition coefficient (Wildman–Crippen LogP) is 0.671. The molecular formula is C15H15N3O3. The molecule has 1 aromatic carbocycles. The summed E-state index contributed by atoms with van der Waals surface area (Å²) in [5.41, 5.74) is 6.18. The fourth-order valence-electron chi connectivity index (χ4n) is 1.94. The number of benzene rings is 1. The number of terminal acetylenes is 1. The Labute approximate surface area is 122 Å². The second-order valence-corrected chi connectivity index (χ2v) is 4.56. The van der Waals surface area contributed by atoms with Crippen LogP contribution in [0.3, 0.4) is 0 Å². The number of hydrogen-bond acceptors (Lipinski definition) is 5. The van der Waals surface area contributed by atoms with Crippen molar-refractivity contribution < 1.29 is 14.3 Å². The summed E-state index contributed by atoms with van der Waals surface area (Å²) in [6.07, 6.45) is 4.60. The van der Waals surface area contributed by atoms with Gasteiger partial charge in [-0.2, -0.15) is 5.10 Å². The zero-order valence-electron chi connectivity index (χ0n) is 11.5. The third kappa shape index (κ3) is 3.20. The van der Waals surface area contributed by atoms with Gasteiger partial charge in [-0.15, -0.1) is 6.42 Å². The van der Waals surface area contributed by atoms with E-state index in [0.717, 1.165) is 0 Å².